The highest BCUT2D eigenvalue weighted by Crippen LogP contribution is 2.30. The molecule has 174 valence electrons. The molecule has 0 radical (unpaired) electrons. The lowest BCUT2D eigenvalue weighted by atomic mass is 10.2. The van der Waals surface area contributed by atoms with Crippen molar-refractivity contribution in [1.29, 1.82) is 0 Å². The summed E-state index contributed by atoms with van der Waals surface area (Å²) in [5.74, 6) is 0.371. The largest absolute Gasteiger partial charge is 0.493 e. The Morgan fingerprint density at radius 2 is 1.72 bits per heavy atom. The van der Waals surface area contributed by atoms with E-state index >= 15 is 0 Å². The van der Waals surface area contributed by atoms with E-state index < -0.39 is 6.03 Å². The average molecular weight is 447 g/mol. The topological polar surface area (TPSA) is 91.9 Å². The van der Waals surface area contributed by atoms with Crippen molar-refractivity contribution < 1.29 is 23.5 Å². The van der Waals surface area contributed by atoms with E-state index in [1.165, 1.54) is 12.1 Å². The van der Waals surface area contributed by atoms with Gasteiger partial charge in [0.05, 0.1) is 13.7 Å². The van der Waals surface area contributed by atoms with Crippen molar-refractivity contribution in [3.63, 3.8) is 0 Å². The third kappa shape index (κ3) is 8.43. The van der Waals surface area contributed by atoms with Gasteiger partial charge in [-0.05, 0) is 42.9 Å². The lowest BCUT2D eigenvalue weighted by Crippen LogP contribution is -2.39. The zero-order valence-electron chi connectivity index (χ0n) is 18.7. The number of methoxy groups -OCH3 is 1. The Morgan fingerprint density at radius 1 is 1.00 bits per heavy atom. The van der Waals surface area contributed by atoms with Gasteiger partial charge in [0.25, 0.3) is 0 Å². The number of hydrogen-bond donors (Lipinski definition) is 3. The van der Waals surface area contributed by atoms with Crippen molar-refractivity contribution >= 4 is 17.6 Å². The summed E-state index contributed by atoms with van der Waals surface area (Å²) in [6.07, 6.45) is 0. The number of benzene rings is 2. The fourth-order valence-corrected chi connectivity index (χ4v) is 2.90. The summed E-state index contributed by atoms with van der Waals surface area (Å²) in [4.78, 5) is 26.3. The zero-order chi connectivity index (χ0) is 23.3. The number of hydrogen-bond acceptors (Lipinski definition) is 5. The first-order chi connectivity index (χ1) is 15.4. The molecule has 2 aromatic rings. The Morgan fingerprint density at radius 3 is 2.38 bits per heavy atom. The predicted molar refractivity (Wildman–Crippen MR) is 122 cm³/mol. The summed E-state index contributed by atoms with van der Waals surface area (Å²) < 4.78 is 24.1. The van der Waals surface area contributed by atoms with Gasteiger partial charge >= 0.3 is 6.03 Å². The molecule has 9 heteroatoms. The van der Waals surface area contributed by atoms with Crippen LogP contribution in [-0.2, 0) is 11.3 Å². The van der Waals surface area contributed by atoms with E-state index in [0.29, 0.717) is 23.8 Å². The number of ether oxygens (including phenoxy) is 2. The summed E-state index contributed by atoms with van der Waals surface area (Å²) in [5, 5.41) is 7.82. The molecule has 0 aliphatic carbocycles. The molecule has 0 heterocycles. The molecule has 0 saturated heterocycles. The van der Waals surface area contributed by atoms with E-state index in [0.717, 1.165) is 25.2 Å². The van der Waals surface area contributed by atoms with Crippen LogP contribution in [0, 0.1) is 5.82 Å². The Balaban J connectivity index is 1.81. The lowest BCUT2D eigenvalue weighted by Gasteiger charge is -2.19. The Kier molecular flexibility index (Phi) is 10.3. The number of carbonyl (C=O) groups excluding carboxylic acids is 2. The molecule has 0 aromatic heterocycles. The fraction of sp³-hybridized carbons (Fsp3) is 0.391. The number of anilines is 1. The Bertz CT molecular complexity index is 873. The molecule has 0 unspecified atom stereocenters. The molecule has 3 N–H and O–H groups in total. The van der Waals surface area contributed by atoms with Crippen LogP contribution in [0.5, 0.6) is 11.5 Å². The van der Waals surface area contributed by atoms with Gasteiger partial charge in [-0.15, -0.1) is 0 Å². The van der Waals surface area contributed by atoms with Crippen LogP contribution in [0.25, 0.3) is 0 Å². The maximum atomic E-state index is 12.9. The zero-order valence-corrected chi connectivity index (χ0v) is 18.7. The standard InChI is InChI=1S/C23H31FN4O4/c1-4-28(5-2)12-13-32-21-14-19(10-11-20(21)31-3)27-22(29)16-26-23(30)25-15-17-6-8-18(24)9-7-17/h6-11,14H,4-5,12-13,15-16H2,1-3H3,(H,27,29)(H2,25,26,30). The highest BCUT2D eigenvalue weighted by atomic mass is 19.1. The molecule has 0 spiro atoms. The van der Waals surface area contributed by atoms with Gasteiger partial charge in [0.2, 0.25) is 5.91 Å². The summed E-state index contributed by atoms with van der Waals surface area (Å²) in [7, 11) is 1.55. The van der Waals surface area contributed by atoms with Gasteiger partial charge < -0.3 is 30.3 Å². The Labute approximate surface area is 188 Å². The number of nitrogens with zero attached hydrogens (tertiary/aromatic N) is 1. The van der Waals surface area contributed by atoms with Crippen LogP contribution in [0.1, 0.15) is 19.4 Å². The van der Waals surface area contributed by atoms with E-state index in [-0.39, 0.29) is 24.8 Å². The number of nitrogens with one attached hydrogen (secondary N) is 3. The van der Waals surface area contributed by atoms with Crippen LogP contribution < -0.4 is 25.4 Å². The van der Waals surface area contributed by atoms with E-state index in [1.54, 1.807) is 37.4 Å². The molecule has 0 bridgehead atoms. The summed E-state index contributed by atoms with van der Waals surface area (Å²) in [6.45, 7) is 7.36. The molecule has 3 amide bonds. The summed E-state index contributed by atoms with van der Waals surface area (Å²) in [6, 6.07) is 10.4. The first-order valence-corrected chi connectivity index (χ1v) is 10.5. The molecule has 32 heavy (non-hydrogen) atoms. The maximum absolute atomic E-state index is 12.9. The SMILES string of the molecule is CCN(CC)CCOc1cc(NC(=O)CNC(=O)NCc2ccc(F)cc2)ccc1OC. The second-order valence-corrected chi connectivity index (χ2v) is 6.95. The molecule has 0 aliphatic rings. The minimum Gasteiger partial charge on any atom is -0.493 e. The molecular weight excluding hydrogens is 415 g/mol. The molecule has 0 fully saturated rings. The smallest absolute Gasteiger partial charge is 0.315 e. The van der Waals surface area contributed by atoms with Gasteiger partial charge in [0, 0.05) is 24.8 Å². The first kappa shape index (κ1) is 24.9. The number of urea groups is 1. The summed E-state index contributed by atoms with van der Waals surface area (Å²) >= 11 is 0. The third-order valence-electron chi connectivity index (χ3n) is 4.78. The number of carbonyl (C=O) groups is 2. The van der Waals surface area contributed by atoms with Crippen LogP contribution >= 0.6 is 0 Å². The number of likely N-dealkylation sites (N-methyl/N-ethyl adjacent to an activating group) is 1. The molecule has 0 atom stereocenters. The first-order valence-electron chi connectivity index (χ1n) is 10.5. The van der Waals surface area contributed by atoms with Crippen molar-refractivity contribution in [1.82, 2.24) is 15.5 Å². The van der Waals surface area contributed by atoms with Crippen molar-refractivity contribution in [2.45, 2.75) is 20.4 Å². The molecule has 2 rings (SSSR count). The monoisotopic (exact) mass is 446 g/mol. The van der Waals surface area contributed by atoms with Crippen molar-refractivity contribution in [2.24, 2.45) is 0 Å². The van der Waals surface area contributed by atoms with E-state index in [9.17, 15) is 14.0 Å². The average Bonchev–Trinajstić information content (AvgIpc) is 2.80. The van der Waals surface area contributed by atoms with Crippen LogP contribution in [0.3, 0.4) is 0 Å². The van der Waals surface area contributed by atoms with Crippen molar-refractivity contribution in [3.8, 4) is 11.5 Å². The Hall–Kier alpha value is -3.33. The molecule has 8 nitrogen and oxygen atoms in total. The van der Waals surface area contributed by atoms with Crippen molar-refractivity contribution in [3.05, 3.63) is 53.8 Å². The highest BCUT2D eigenvalue weighted by molar-refractivity contribution is 5.94. The highest BCUT2D eigenvalue weighted by Gasteiger charge is 2.10. The van der Waals surface area contributed by atoms with E-state index in [1.807, 2.05) is 0 Å². The minimum absolute atomic E-state index is 0.209. The fourth-order valence-electron chi connectivity index (χ4n) is 2.90. The summed E-state index contributed by atoms with van der Waals surface area (Å²) in [5.41, 5.74) is 1.28. The van der Waals surface area contributed by atoms with Gasteiger partial charge in [-0.25, -0.2) is 9.18 Å². The van der Waals surface area contributed by atoms with Crippen LogP contribution in [0.2, 0.25) is 0 Å². The molecule has 2 aromatic carbocycles. The van der Waals surface area contributed by atoms with Gasteiger partial charge in [-0.3, -0.25) is 4.79 Å². The second-order valence-electron chi connectivity index (χ2n) is 6.95. The third-order valence-corrected chi connectivity index (χ3v) is 4.78. The van der Waals surface area contributed by atoms with Crippen LogP contribution in [-0.4, -0.2) is 56.7 Å². The van der Waals surface area contributed by atoms with Gasteiger partial charge in [0.15, 0.2) is 11.5 Å². The number of amides is 3. The number of rotatable bonds is 12. The molecular formula is C23H31FN4O4. The minimum atomic E-state index is -0.500. The maximum Gasteiger partial charge on any atom is 0.315 e. The number of halogens is 1. The van der Waals surface area contributed by atoms with E-state index in [2.05, 4.69) is 34.7 Å². The van der Waals surface area contributed by atoms with E-state index in [4.69, 9.17) is 9.47 Å². The lowest BCUT2D eigenvalue weighted by molar-refractivity contribution is -0.115. The second kappa shape index (κ2) is 13.2. The predicted octanol–water partition coefficient (Wildman–Crippen LogP) is 2.99. The quantitative estimate of drug-likeness (QED) is 0.466. The normalized spacial score (nSPS) is 10.5. The van der Waals surface area contributed by atoms with Gasteiger partial charge in [-0.1, -0.05) is 26.0 Å². The van der Waals surface area contributed by atoms with Crippen molar-refractivity contribution in [2.75, 3.05) is 45.2 Å². The molecule has 0 aliphatic heterocycles. The van der Waals surface area contributed by atoms with Crippen LogP contribution in [0.4, 0.5) is 14.9 Å². The van der Waals surface area contributed by atoms with Crippen LogP contribution in [0.15, 0.2) is 42.5 Å². The molecule has 0 saturated carbocycles. The van der Waals surface area contributed by atoms with Gasteiger partial charge in [-0.2, -0.15) is 0 Å². The van der Waals surface area contributed by atoms with Gasteiger partial charge in [0.1, 0.15) is 12.4 Å².